The third-order valence-corrected chi connectivity index (χ3v) is 8.92. The number of ketones is 3. The Hall–Kier alpha value is -1.45. The lowest BCUT2D eigenvalue weighted by atomic mass is 9.78. The molecule has 0 aliphatic carbocycles. The third-order valence-electron chi connectivity index (χ3n) is 8.92. The van der Waals surface area contributed by atoms with E-state index in [9.17, 15) is 14.4 Å². The Morgan fingerprint density at radius 3 is 1.02 bits per heavy atom. The fourth-order valence-electron chi connectivity index (χ4n) is 5.95. The van der Waals surface area contributed by atoms with E-state index in [4.69, 9.17) is 0 Å². The number of nitrogens with one attached hydrogen (secondary N) is 1. The molecule has 0 aromatic rings. The summed E-state index contributed by atoms with van der Waals surface area (Å²) in [6.45, 7) is 8.81. The number of allylic oxidation sites excluding steroid dienone is 1. The summed E-state index contributed by atoms with van der Waals surface area (Å²) >= 11 is 0. The Labute approximate surface area is 268 Å². The monoisotopic (exact) mass is 604 g/mol. The zero-order valence-electron chi connectivity index (χ0n) is 29.4. The van der Waals surface area contributed by atoms with Crippen LogP contribution >= 0.6 is 0 Å². The molecule has 0 aliphatic rings. The molecule has 1 N–H and O–H groups in total. The highest BCUT2D eigenvalue weighted by Gasteiger charge is 2.49. The van der Waals surface area contributed by atoms with Crippen LogP contribution in [0.25, 0.3) is 0 Å². The Bertz CT molecular complexity index is 634. The quantitative estimate of drug-likeness (QED) is 0.0587. The molecule has 0 saturated heterocycles. The molecule has 0 saturated carbocycles. The molecule has 0 rings (SSSR count). The Kier molecular flexibility index (Phi) is 29.5. The lowest BCUT2D eigenvalue weighted by Crippen LogP contribution is -2.62. The van der Waals surface area contributed by atoms with Gasteiger partial charge in [0.05, 0.1) is 0 Å². The lowest BCUT2D eigenvalue weighted by Gasteiger charge is -2.30. The maximum Gasteiger partial charge on any atom is 0.214 e. The van der Waals surface area contributed by atoms with Crippen molar-refractivity contribution in [3.63, 3.8) is 0 Å². The van der Waals surface area contributed by atoms with Crippen LogP contribution in [0.2, 0.25) is 0 Å². The second-order valence-corrected chi connectivity index (χ2v) is 13.0. The summed E-state index contributed by atoms with van der Waals surface area (Å²) in [6.07, 6.45) is 34.0. The largest absolute Gasteiger partial charge is 0.367 e. The Morgan fingerprint density at radius 1 is 0.419 bits per heavy atom. The predicted octanol–water partition coefficient (Wildman–Crippen LogP) is 11.9. The van der Waals surface area contributed by atoms with Crippen LogP contribution in [0, 0.1) is 0 Å². The van der Waals surface area contributed by atoms with Crippen LogP contribution in [0.3, 0.4) is 0 Å². The maximum atomic E-state index is 13.9. The van der Waals surface area contributed by atoms with E-state index in [0.29, 0.717) is 19.3 Å². The molecular weight excluding hydrogens is 530 g/mol. The van der Waals surface area contributed by atoms with Crippen LogP contribution in [0.4, 0.5) is 0 Å². The van der Waals surface area contributed by atoms with Crippen molar-refractivity contribution in [2.75, 3.05) is 0 Å². The molecule has 0 atom stereocenters. The molecule has 0 fully saturated rings. The lowest BCUT2D eigenvalue weighted by molar-refractivity contribution is -0.144. The number of unbranched alkanes of at least 4 members (excludes halogenated alkanes) is 22. The van der Waals surface area contributed by atoms with Gasteiger partial charge in [-0.2, -0.15) is 0 Å². The summed E-state index contributed by atoms with van der Waals surface area (Å²) in [4.78, 5) is 41.6. The second kappa shape index (κ2) is 30.6. The van der Waals surface area contributed by atoms with Gasteiger partial charge in [0.25, 0.3) is 0 Å². The van der Waals surface area contributed by atoms with Crippen molar-refractivity contribution in [1.29, 1.82) is 0 Å². The minimum atomic E-state index is -1.70. The molecule has 4 nitrogen and oxygen atoms in total. The molecule has 0 unspecified atom stereocenters. The standard InChI is InChI=1S/C39H73NO3/c1-5-9-13-17-18-19-20-21-22-23-27-31-35-40-39(36(41)32-28-24-14-10-6-2,37(42)33-29-25-15-11-7-3)38(43)34-30-26-16-12-8-4/h31,35,40H,5-30,32-34H2,1-4H3. The van der Waals surface area contributed by atoms with Crippen LogP contribution in [0.5, 0.6) is 0 Å². The predicted molar refractivity (Wildman–Crippen MR) is 187 cm³/mol. The second-order valence-electron chi connectivity index (χ2n) is 13.0. The van der Waals surface area contributed by atoms with Gasteiger partial charge in [-0.3, -0.25) is 14.4 Å². The van der Waals surface area contributed by atoms with E-state index in [2.05, 4.69) is 33.0 Å². The van der Waals surface area contributed by atoms with Gasteiger partial charge < -0.3 is 5.32 Å². The molecule has 0 aromatic carbocycles. The third kappa shape index (κ3) is 21.0. The van der Waals surface area contributed by atoms with Gasteiger partial charge in [0.15, 0.2) is 17.3 Å². The highest BCUT2D eigenvalue weighted by atomic mass is 16.2. The molecule has 0 aliphatic heterocycles. The fraction of sp³-hybridized carbons (Fsp3) is 0.872. The molecule has 252 valence electrons. The van der Waals surface area contributed by atoms with Crippen molar-refractivity contribution in [1.82, 2.24) is 5.32 Å². The van der Waals surface area contributed by atoms with Gasteiger partial charge in [-0.25, -0.2) is 0 Å². The minimum Gasteiger partial charge on any atom is -0.367 e. The highest BCUT2D eigenvalue weighted by Crippen LogP contribution is 2.23. The SMILES string of the molecule is CCCCCCCCCCCCC=CNC(C(=O)CCCCCCC)(C(=O)CCCCCCC)C(=O)CCCCCCC. The van der Waals surface area contributed by atoms with Crippen LogP contribution in [0.15, 0.2) is 12.3 Å². The van der Waals surface area contributed by atoms with Crippen molar-refractivity contribution >= 4 is 17.3 Å². The number of carbonyl (C=O) groups is 3. The van der Waals surface area contributed by atoms with E-state index in [1.165, 1.54) is 57.8 Å². The van der Waals surface area contributed by atoms with E-state index >= 15 is 0 Å². The number of hydrogen-bond acceptors (Lipinski definition) is 4. The summed E-state index contributed by atoms with van der Waals surface area (Å²) in [5.74, 6) is -0.612. The van der Waals surface area contributed by atoms with Gasteiger partial charge in [0, 0.05) is 19.3 Å². The summed E-state index contributed by atoms with van der Waals surface area (Å²) in [5.41, 5.74) is -1.70. The van der Waals surface area contributed by atoms with Gasteiger partial charge in [-0.05, 0) is 38.3 Å². The van der Waals surface area contributed by atoms with E-state index < -0.39 is 5.54 Å². The number of carbonyl (C=O) groups excluding carboxylic acids is 3. The van der Waals surface area contributed by atoms with Crippen LogP contribution in [0.1, 0.15) is 214 Å². The molecule has 0 bridgehead atoms. The van der Waals surface area contributed by atoms with E-state index in [0.717, 1.165) is 109 Å². The molecule has 43 heavy (non-hydrogen) atoms. The minimum absolute atomic E-state index is 0.204. The first-order chi connectivity index (χ1) is 21.0. The van der Waals surface area contributed by atoms with Crippen LogP contribution in [-0.2, 0) is 14.4 Å². The van der Waals surface area contributed by atoms with Gasteiger partial charge >= 0.3 is 0 Å². The molecule has 0 amide bonds. The molecule has 0 radical (unpaired) electrons. The normalized spacial score (nSPS) is 11.8. The summed E-state index contributed by atoms with van der Waals surface area (Å²) < 4.78 is 0. The first kappa shape index (κ1) is 41.5. The molecule has 0 heterocycles. The molecular formula is C39H73NO3. The van der Waals surface area contributed by atoms with Gasteiger partial charge in [0.1, 0.15) is 0 Å². The van der Waals surface area contributed by atoms with Gasteiger partial charge in [-0.1, -0.05) is 169 Å². The van der Waals surface area contributed by atoms with E-state index in [1.807, 2.05) is 6.08 Å². The molecule has 4 heteroatoms. The zero-order valence-corrected chi connectivity index (χ0v) is 29.4. The van der Waals surface area contributed by atoms with Crippen molar-refractivity contribution < 1.29 is 14.4 Å². The van der Waals surface area contributed by atoms with Crippen molar-refractivity contribution in [2.45, 2.75) is 219 Å². The van der Waals surface area contributed by atoms with Crippen molar-refractivity contribution in [3.05, 3.63) is 12.3 Å². The summed E-state index contributed by atoms with van der Waals surface area (Å²) in [7, 11) is 0. The number of hydrogen-bond donors (Lipinski definition) is 1. The van der Waals surface area contributed by atoms with Crippen LogP contribution in [-0.4, -0.2) is 22.9 Å². The maximum absolute atomic E-state index is 13.9. The van der Waals surface area contributed by atoms with E-state index in [1.54, 1.807) is 6.20 Å². The zero-order chi connectivity index (χ0) is 31.9. The Morgan fingerprint density at radius 2 is 0.698 bits per heavy atom. The first-order valence-electron chi connectivity index (χ1n) is 19.0. The fourth-order valence-corrected chi connectivity index (χ4v) is 5.95. The summed E-state index contributed by atoms with van der Waals surface area (Å²) in [5, 5.41) is 3.20. The topological polar surface area (TPSA) is 63.2 Å². The van der Waals surface area contributed by atoms with E-state index in [-0.39, 0.29) is 17.3 Å². The first-order valence-corrected chi connectivity index (χ1v) is 19.0. The molecule has 0 aromatic heterocycles. The Balaban J connectivity index is 5.32. The highest BCUT2D eigenvalue weighted by molar-refractivity contribution is 6.29. The average molecular weight is 604 g/mol. The van der Waals surface area contributed by atoms with Crippen LogP contribution < -0.4 is 5.32 Å². The van der Waals surface area contributed by atoms with Crippen molar-refractivity contribution in [2.24, 2.45) is 0 Å². The number of rotatable bonds is 34. The number of Topliss-reactive ketones (excluding diaryl/α,β-unsaturated/α-hetero) is 3. The summed E-state index contributed by atoms with van der Waals surface area (Å²) in [6, 6.07) is 0. The van der Waals surface area contributed by atoms with Gasteiger partial charge in [0.2, 0.25) is 5.54 Å². The van der Waals surface area contributed by atoms with Crippen molar-refractivity contribution in [3.8, 4) is 0 Å². The molecule has 0 spiro atoms. The average Bonchev–Trinajstić information content (AvgIpc) is 3.00. The smallest absolute Gasteiger partial charge is 0.214 e. The van der Waals surface area contributed by atoms with Gasteiger partial charge in [-0.15, -0.1) is 0 Å².